The van der Waals surface area contributed by atoms with Crippen LogP contribution in [-0.2, 0) is 6.42 Å². The van der Waals surface area contributed by atoms with E-state index in [1.54, 1.807) is 0 Å². The smallest absolute Gasteiger partial charge is 0.0738 e. The summed E-state index contributed by atoms with van der Waals surface area (Å²) < 4.78 is 0. The van der Waals surface area contributed by atoms with Crippen LogP contribution in [0.4, 0.5) is 0 Å². The third-order valence-corrected chi connectivity index (χ3v) is 3.42. The van der Waals surface area contributed by atoms with Gasteiger partial charge in [-0.3, -0.25) is 4.98 Å². The molecule has 0 aliphatic heterocycles. The van der Waals surface area contributed by atoms with Gasteiger partial charge in [-0.1, -0.05) is 31.5 Å². The molecule has 0 bridgehead atoms. The summed E-state index contributed by atoms with van der Waals surface area (Å²) in [5, 5.41) is 1.85. The topological polar surface area (TPSA) is 38.9 Å². The van der Waals surface area contributed by atoms with Crippen molar-refractivity contribution in [2.75, 3.05) is 6.54 Å². The fourth-order valence-electron chi connectivity index (χ4n) is 2.09. The van der Waals surface area contributed by atoms with Crippen molar-refractivity contribution in [1.82, 2.24) is 4.98 Å². The number of hydrogen-bond acceptors (Lipinski definition) is 2. The maximum atomic E-state index is 6.18. The first-order valence-corrected chi connectivity index (χ1v) is 6.55. The number of nitrogens with zero attached hydrogens (tertiary/aromatic N) is 1. The number of halogens is 1. The van der Waals surface area contributed by atoms with E-state index in [-0.39, 0.29) is 5.41 Å². The lowest BCUT2D eigenvalue weighted by Crippen LogP contribution is -2.26. The van der Waals surface area contributed by atoms with E-state index < -0.39 is 0 Å². The van der Waals surface area contributed by atoms with Crippen molar-refractivity contribution in [3.8, 4) is 0 Å². The van der Waals surface area contributed by atoms with E-state index in [0.717, 1.165) is 28.0 Å². The van der Waals surface area contributed by atoms with Crippen LogP contribution in [0.5, 0.6) is 0 Å². The molecule has 0 saturated heterocycles. The molecule has 2 N–H and O–H groups in total. The Morgan fingerprint density at radius 1 is 1.28 bits per heavy atom. The van der Waals surface area contributed by atoms with Gasteiger partial charge in [-0.2, -0.15) is 0 Å². The first-order valence-electron chi connectivity index (χ1n) is 6.17. The zero-order valence-corrected chi connectivity index (χ0v) is 11.9. The van der Waals surface area contributed by atoms with Gasteiger partial charge in [0.1, 0.15) is 0 Å². The summed E-state index contributed by atoms with van der Waals surface area (Å²) in [6, 6.07) is 8.05. The molecule has 0 aliphatic carbocycles. The van der Waals surface area contributed by atoms with Crippen LogP contribution < -0.4 is 5.73 Å². The predicted octanol–water partition coefficient (Wildman–Crippen LogP) is 3.72. The van der Waals surface area contributed by atoms with Gasteiger partial charge in [0.05, 0.1) is 5.52 Å². The van der Waals surface area contributed by atoms with Gasteiger partial charge in [0.15, 0.2) is 0 Å². The number of pyridine rings is 1. The van der Waals surface area contributed by atoms with E-state index in [1.165, 1.54) is 5.56 Å². The Morgan fingerprint density at radius 3 is 2.67 bits per heavy atom. The molecule has 1 aromatic carbocycles. The third kappa shape index (κ3) is 2.82. The van der Waals surface area contributed by atoms with Crippen molar-refractivity contribution >= 4 is 22.5 Å². The molecule has 0 unspecified atom stereocenters. The number of rotatable bonds is 3. The van der Waals surface area contributed by atoms with Gasteiger partial charge in [0.25, 0.3) is 0 Å². The molecule has 2 aromatic rings. The van der Waals surface area contributed by atoms with Gasteiger partial charge in [0, 0.05) is 16.1 Å². The number of aryl methyl sites for hydroxylation is 1. The van der Waals surface area contributed by atoms with E-state index in [1.807, 2.05) is 25.1 Å². The molecule has 2 nitrogen and oxygen atoms in total. The Labute approximate surface area is 113 Å². The monoisotopic (exact) mass is 262 g/mol. The molecule has 1 heterocycles. The largest absolute Gasteiger partial charge is 0.330 e. The minimum Gasteiger partial charge on any atom is -0.330 e. The summed E-state index contributed by atoms with van der Waals surface area (Å²) in [4.78, 5) is 4.64. The fourth-order valence-corrected chi connectivity index (χ4v) is 2.34. The lowest BCUT2D eigenvalue weighted by atomic mass is 9.85. The van der Waals surface area contributed by atoms with Crippen LogP contribution in [0.1, 0.15) is 25.1 Å². The van der Waals surface area contributed by atoms with E-state index in [2.05, 4.69) is 24.9 Å². The van der Waals surface area contributed by atoms with Crippen molar-refractivity contribution in [2.45, 2.75) is 27.2 Å². The van der Waals surface area contributed by atoms with Crippen molar-refractivity contribution in [3.05, 3.63) is 40.5 Å². The fraction of sp³-hybridized carbons (Fsp3) is 0.400. The van der Waals surface area contributed by atoms with Crippen molar-refractivity contribution in [3.63, 3.8) is 0 Å². The van der Waals surface area contributed by atoms with Crippen LogP contribution in [0.3, 0.4) is 0 Å². The highest BCUT2D eigenvalue weighted by atomic mass is 35.5. The lowest BCUT2D eigenvalue weighted by Gasteiger charge is -2.23. The molecule has 0 amide bonds. The van der Waals surface area contributed by atoms with E-state index in [4.69, 9.17) is 17.3 Å². The number of nitrogens with two attached hydrogens (primary N) is 1. The quantitative estimate of drug-likeness (QED) is 0.916. The number of fused-ring (bicyclic) bond motifs is 1. The SMILES string of the molecule is Cc1ccc2cc(Cl)cc(CC(C)(C)CN)c2n1. The highest BCUT2D eigenvalue weighted by Gasteiger charge is 2.18. The minimum atomic E-state index is 0.0586. The molecular weight excluding hydrogens is 244 g/mol. The van der Waals surface area contributed by atoms with Crippen molar-refractivity contribution in [1.29, 1.82) is 0 Å². The van der Waals surface area contributed by atoms with Crippen LogP contribution in [0, 0.1) is 12.3 Å². The Hall–Kier alpha value is -1.12. The van der Waals surface area contributed by atoms with Gasteiger partial charge in [-0.25, -0.2) is 0 Å². The van der Waals surface area contributed by atoms with Gasteiger partial charge in [-0.15, -0.1) is 0 Å². The molecule has 0 spiro atoms. The van der Waals surface area contributed by atoms with Gasteiger partial charge in [-0.05, 0) is 49.1 Å². The second kappa shape index (κ2) is 4.87. The van der Waals surface area contributed by atoms with Gasteiger partial charge < -0.3 is 5.73 Å². The highest BCUT2D eigenvalue weighted by Crippen LogP contribution is 2.28. The van der Waals surface area contributed by atoms with Crippen LogP contribution in [0.2, 0.25) is 5.02 Å². The summed E-state index contributed by atoms with van der Waals surface area (Å²) in [6.45, 7) is 6.98. The Balaban J connectivity index is 2.58. The third-order valence-electron chi connectivity index (χ3n) is 3.20. The number of aromatic nitrogens is 1. The van der Waals surface area contributed by atoms with Crippen LogP contribution in [-0.4, -0.2) is 11.5 Å². The molecule has 0 radical (unpaired) electrons. The van der Waals surface area contributed by atoms with E-state index >= 15 is 0 Å². The molecule has 0 saturated carbocycles. The molecular formula is C15H19ClN2. The van der Waals surface area contributed by atoms with E-state index in [0.29, 0.717) is 6.54 Å². The Morgan fingerprint density at radius 2 is 2.00 bits per heavy atom. The van der Waals surface area contributed by atoms with Crippen LogP contribution in [0.15, 0.2) is 24.3 Å². The average Bonchev–Trinajstić information content (AvgIpc) is 2.29. The second-order valence-corrected chi connectivity index (χ2v) is 6.07. The Kier molecular flexibility index (Phi) is 3.60. The highest BCUT2D eigenvalue weighted by molar-refractivity contribution is 6.31. The first kappa shape index (κ1) is 13.3. The molecule has 96 valence electrons. The number of hydrogen-bond donors (Lipinski definition) is 1. The molecule has 2 rings (SSSR count). The van der Waals surface area contributed by atoms with Crippen molar-refractivity contribution < 1.29 is 0 Å². The zero-order valence-electron chi connectivity index (χ0n) is 11.1. The van der Waals surface area contributed by atoms with Crippen LogP contribution >= 0.6 is 11.6 Å². The summed E-state index contributed by atoms with van der Waals surface area (Å²) >= 11 is 6.18. The summed E-state index contributed by atoms with van der Waals surface area (Å²) in [5.74, 6) is 0. The molecule has 0 aliphatic rings. The molecule has 3 heteroatoms. The summed E-state index contributed by atoms with van der Waals surface area (Å²) in [5.41, 5.74) is 9.12. The van der Waals surface area contributed by atoms with Gasteiger partial charge >= 0.3 is 0 Å². The molecule has 0 fully saturated rings. The van der Waals surface area contributed by atoms with Gasteiger partial charge in [0.2, 0.25) is 0 Å². The maximum Gasteiger partial charge on any atom is 0.0738 e. The first-order chi connectivity index (χ1) is 8.41. The summed E-state index contributed by atoms with van der Waals surface area (Å²) in [6.07, 6.45) is 0.886. The standard InChI is InChI=1S/C15H19ClN2/c1-10-4-5-11-6-13(16)7-12(14(11)18-10)8-15(2,3)9-17/h4-7H,8-9,17H2,1-3H3. The second-order valence-electron chi connectivity index (χ2n) is 5.63. The number of benzene rings is 1. The van der Waals surface area contributed by atoms with E-state index in [9.17, 15) is 0 Å². The predicted molar refractivity (Wildman–Crippen MR) is 78.0 cm³/mol. The average molecular weight is 263 g/mol. The lowest BCUT2D eigenvalue weighted by molar-refractivity contribution is 0.378. The molecule has 0 atom stereocenters. The Bertz CT molecular complexity index is 576. The molecule has 1 aromatic heterocycles. The van der Waals surface area contributed by atoms with Crippen molar-refractivity contribution in [2.24, 2.45) is 11.1 Å². The normalized spacial score (nSPS) is 12.1. The molecule has 18 heavy (non-hydrogen) atoms. The van der Waals surface area contributed by atoms with Crippen LogP contribution in [0.25, 0.3) is 10.9 Å². The minimum absolute atomic E-state index is 0.0586. The zero-order chi connectivity index (χ0) is 13.3. The summed E-state index contributed by atoms with van der Waals surface area (Å²) in [7, 11) is 0. The maximum absolute atomic E-state index is 6.18.